The first-order valence-electron chi connectivity index (χ1n) is 6.01. The van der Waals surface area contributed by atoms with E-state index in [1.54, 1.807) is 18.2 Å². The van der Waals surface area contributed by atoms with Gasteiger partial charge in [-0.1, -0.05) is 22.0 Å². The number of carbonyl (C=O) groups excluding carboxylic acids is 2. The third-order valence-corrected chi connectivity index (χ3v) is 3.73. The highest BCUT2D eigenvalue weighted by Crippen LogP contribution is 2.20. The van der Waals surface area contributed by atoms with Crippen LogP contribution in [0.2, 0.25) is 0 Å². The largest absolute Gasteiger partial charge is 0.478 e. The van der Waals surface area contributed by atoms with Crippen molar-refractivity contribution in [3.63, 3.8) is 0 Å². The number of halogens is 1. The van der Waals surface area contributed by atoms with Crippen LogP contribution in [0, 0.1) is 6.92 Å². The Balaban J connectivity index is 2.74. The van der Waals surface area contributed by atoms with Crippen LogP contribution in [0.5, 0.6) is 0 Å². The fourth-order valence-corrected chi connectivity index (χ4v) is 1.74. The Hall–Kier alpha value is -2.15. The minimum atomic E-state index is -1.20. The molecule has 112 valence electrons. The molecule has 6 nitrogen and oxygen atoms in total. The fourth-order valence-electron chi connectivity index (χ4n) is 1.36. The van der Waals surface area contributed by atoms with Crippen LogP contribution in [0.3, 0.4) is 0 Å². The lowest BCUT2D eigenvalue weighted by Crippen LogP contribution is -2.35. The van der Waals surface area contributed by atoms with Crippen LogP contribution in [-0.2, 0) is 9.59 Å². The van der Waals surface area contributed by atoms with Gasteiger partial charge in [0.2, 0.25) is 0 Å². The Morgan fingerprint density at radius 1 is 1.14 bits per heavy atom. The molecular weight excluding hydrogens is 340 g/mol. The van der Waals surface area contributed by atoms with E-state index in [2.05, 4.69) is 26.6 Å². The maximum atomic E-state index is 11.7. The molecule has 0 aromatic heterocycles. The van der Waals surface area contributed by atoms with Gasteiger partial charge in [-0.05, 0) is 38.5 Å². The second kappa shape index (κ2) is 7.03. The number of benzene rings is 1. The molecule has 0 aliphatic rings. The molecule has 1 aromatic carbocycles. The smallest absolute Gasteiger partial charge is 0.331 e. The van der Waals surface area contributed by atoms with Gasteiger partial charge in [0.15, 0.2) is 0 Å². The Labute approximate surface area is 130 Å². The molecule has 0 radical (unpaired) electrons. The van der Waals surface area contributed by atoms with Gasteiger partial charge in [0.05, 0.1) is 0 Å². The third kappa shape index (κ3) is 4.71. The zero-order valence-electron chi connectivity index (χ0n) is 11.8. The van der Waals surface area contributed by atoms with Crippen molar-refractivity contribution in [3.8, 4) is 0 Å². The molecule has 0 bridgehead atoms. The number of carboxylic acids is 1. The Morgan fingerprint density at radius 3 is 2.29 bits per heavy atom. The molecule has 0 saturated carbocycles. The zero-order valence-corrected chi connectivity index (χ0v) is 13.4. The van der Waals surface area contributed by atoms with Crippen molar-refractivity contribution < 1.29 is 19.5 Å². The summed E-state index contributed by atoms with van der Waals surface area (Å²) in [6.07, 6.45) is 0. The lowest BCUT2D eigenvalue weighted by Gasteiger charge is -2.09. The number of amides is 3. The van der Waals surface area contributed by atoms with Gasteiger partial charge < -0.3 is 10.4 Å². The molecule has 0 unspecified atom stereocenters. The van der Waals surface area contributed by atoms with Crippen molar-refractivity contribution in [1.82, 2.24) is 5.32 Å². The van der Waals surface area contributed by atoms with E-state index in [0.29, 0.717) is 5.69 Å². The highest BCUT2D eigenvalue weighted by Gasteiger charge is 2.15. The van der Waals surface area contributed by atoms with E-state index in [4.69, 9.17) is 5.11 Å². The van der Waals surface area contributed by atoms with Gasteiger partial charge in [0, 0.05) is 21.3 Å². The summed E-state index contributed by atoms with van der Waals surface area (Å²) in [7, 11) is 0. The van der Waals surface area contributed by atoms with Crippen LogP contribution in [0.25, 0.3) is 0 Å². The number of carbonyl (C=O) groups is 3. The summed E-state index contributed by atoms with van der Waals surface area (Å²) in [6, 6.07) is 4.47. The standard InChI is InChI=1S/C14H15BrN2O4/c1-7-4-5-10(6-11(7)15)16-14(21)17-12(18)8(2)9(3)13(19)20/h4-6H,1-3H3,(H,19,20)(H2,16,17,18,21). The molecule has 0 fully saturated rings. The number of aliphatic carboxylic acids is 1. The second-order valence-corrected chi connectivity index (χ2v) is 5.28. The molecule has 0 heterocycles. The average molecular weight is 355 g/mol. The van der Waals surface area contributed by atoms with E-state index < -0.39 is 17.9 Å². The number of urea groups is 1. The van der Waals surface area contributed by atoms with Gasteiger partial charge in [0.25, 0.3) is 5.91 Å². The molecule has 1 aromatic rings. The van der Waals surface area contributed by atoms with E-state index in [9.17, 15) is 14.4 Å². The topological polar surface area (TPSA) is 95.5 Å². The molecule has 1 rings (SSSR count). The lowest BCUT2D eigenvalue weighted by molar-refractivity contribution is -0.133. The highest BCUT2D eigenvalue weighted by molar-refractivity contribution is 9.10. The lowest BCUT2D eigenvalue weighted by atomic mass is 10.1. The van der Waals surface area contributed by atoms with Crippen molar-refractivity contribution in [1.29, 1.82) is 0 Å². The number of rotatable bonds is 3. The maximum absolute atomic E-state index is 11.7. The van der Waals surface area contributed by atoms with E-state index in [1.165, 1.54) is 13.8 Å². The van der Waals surface area contributed by atoms with E-state index in [-0.39, 0.29) is 11.1 Å². The molecule has 0 aliphatic heterocycles. The molecule has 7 heteroatoms. The molecule has 3 N–H and O–H groups in total. The molecule has 0 spiro atoms. The van der Waals surface area contributed by atoms with Crippen LogP contribution in [0.1, 0.15) is 19.4 Å². The Bertz CT molecular complexity index is 638. The fraction of sp³-hybridized carbons (Fsp3) is 0.214. The second-order valence-electron chi connectivity index (χ2n) is 4.43. The molecular formula is C14H15BrN2O4. The SMILES string of the molecule is CC(C(=O)O)=C(C)C(=O)NC(=O)Nc1ccc(C)c(Br)c1. The first-order chi connectivity index (χ1) is 9.72. The third-order valence-electron chi connectivity index (χ3n) is 2.88. The van der Waals surface area contributed by atoms with Crippen molar-refractivity contribution >= 4 is 39.5 Å². The van der Waals surface area contributed by atoms with Crippen molar-refractivity contribution in [2.45, 2.75) is 20.8 Å². The summed E-state index contributed by atoms with van der Waals surface area (Å²) in [6.45, 7) is 4.54. The number of carboxylic acid groups (broad SMARTS) is 1. The molecule has 0 atom stereocenters. The normalized spacial score (nSPS) is 11.4. The predicted molar refractivity (Wildman–Crippen MR) is 82.1 cm³/mol. The summed E-state index contributed by atoms with van der Waals surface area (Å²) < 4.78 is 0.824. The first kappa shape index (κ1) is 16.9. The van der Waals surface area contributed by atoms with E-state index in [1.807, 2.05) is 6.92 Å². The quantitative estimate of drug-likeness (QED) is 0.727. The number of nitrogens with one attached hydrogen (secondary N) is 2. The monoisotopic (exact) mass is 354 g/mol. The predicted octanol–water partition coefficient (Wildman–Crippen LogP) is 2.83. The molecule has 0 aliphatic carbocycles. The van der Waals surface area contributed by atoms with Crippen molar-refractivity contribution in [3.05, 3.63) is 39.4 Å². The van der Waals surface area contributed by atoms with Crippen molar-refractivity contribution in [2.24, 2.45) is 0 Å². The molecule has 21 heavy (non-hydrogen) atoms. The molecule has 0 saturated heterocycles. The summed E-state index contributed by atoms with van der Waals surface area (Å²) in [5.41, 5.74) is 1.38. The zero-order chi connectivity index (χ0) is 16.2. The Morgan fingerprint density at radius 2 is 1.76 bits per heavy atom. The maximum Gasteiger partial charge on any atom is 0.331 e. The van der Waals surface area contributed by atoms with Gasteiger partial charge >= 0.3 is 12.0 Å². The summed E-state index contributed by atoms with van der Waals surface area (Å²) in [5.74, 6) is -1.95. The van der Waals surface area contributed by atoms with Crippen LogP contribution < -0.4 is 10.6 Å². The van der Waals surface area contributed by atoms with E-state index >= 15 is 0 Å². The van der Waals surface area contributed by atoms with Gasteiger partial charge in [-0.15, -0.1) is 0 Å². The minimum absolute atomic E-state index is 0.0252. The number of hydrogen-bond donors (Lipinski definition) is 3. The average Bonchev–Trinajstić information content (AvgIpc) is 2.40. The number of aryl methyl sites for hydroxylation is 1. The Kier molecular flexibility index (Phi) is 5.66. The first-order valence-corrected chi connectivity index (χ1v) is 6.81. The summed E-state index contributed by atoms with van der Waals surface area (Å²) in [4.78, 5) is 34.1. The van der Waals surface area contributed by atoms with Gasteiger partial charge in [0.1, 0.15) is 0 Å². The number of imide groups is 1. The van der Waals surface area contributed by atoms with Gasteiger partial charge in [-0.3, -0.25) is 10.1 Å². The van der Waals surface area contributed by atoms with Crippen LogP contribution in [0.15, 0.2) is 33.8 Å². The van der Waals surface area contributed by atoms with Gasteiger partial charge in [-0.25, -0.2) is 9.59 Å². The number of hydrogen-bond acceptors (Lipinski definition) is 3. The highest BCUT2D eigenvalue weighted by atomic mass is 79.9. The van der Waals surface area contributed by atoms with Crippen molar-refractivity contribution in [2.75, 3.05) is 5.32 Å². The summed E-state index contributed by atoms with van der Waals surface area (Å²) in [5, 5.41) is 13.3. The van der Waals surface area contributed by atoms with E-state index in [0.717, 1.165) is 10.0 Å². The van der Waals surface area contributed by atoms with Crippen LogP contribution in [0.4, 0.5) is 10.5 Å². The van der Waals surface area contributed by atoms with Crippen LogP contribution in [-0.4, -0.2) is 23.0 Å². The minimum Gasteiger partial charge on any atom is -0.478 e. The molecule has 3 amide bonds. The van der Waals surface area contributed by atoms with Gasteiger partial charge in [-0.2, -0.15) is 0 Å². The number of anilines is 1. The van der Waals surface area contributed by atoms with Crippen LogP contribution >= 0.6 is 15.9 Å². The summed E-state index contributed by atoms with van der Waals surface area (Å²) >= 11 is 3.33.